The van der Waals surface area contributed by atoms with Gasteiger partial charge in [-0.05, 0) is 27.0 Å². The van der Waals surface area contributed by atoms with E-state index >= 15 is 0 Å². The number of likely N-dealkylation sites (N-methyl/N-ethyl adjacent to an activating group) is 2. The van der Waals surface area contributed by atoms with Crippen molar-refractivity contribution >= 4 is 17.2 Å². The normalized spacial score (nSPS) is 10.2. The lowest BCUT2D eigenvalue weighted by molar-refractivity contribution is -0.131. The molecule has 0 bridgehead atoms. The Labute approximate surface area is 125 Å². The highest BCUT2D eigenvalue weighted by Gasteiger charge is 2.13. The summed E-state index contributed by atoms with van der Waals surface area (Å²) in [5.74, 6) is 6.04. The van der Waals surface area contributed by atoms with Crippen LogP contribution in [-0.2, 0) is 11.3 Å². The number of carbonyl (C=O) groups excluding carboxylic acids is 1. The molecule has 4 nitrogen and oxygen atoms in total. The number of rotatable bonds is 6. The first kappa shape index (κ1) is 16.7. The molecule has 0 aliphatic rings. The van der Waals surface area contributed by atoms with Gasteiger partial charge in [0.15, 0.2) is 0 Å². The summed E-state index contributed by atoms with van der Waals surface area (Å²) in [5.41, 5.74) is 6.35. The second-order valence-corrected chi connectivity index (χ2v) is 5.54. The largest absolute Gasteiger partial charge is 0.342 e. The molecule has 0 saturated heterocycles. The van der Waals surface area contributed by atoms with Crippen molar-refractivity contribution in [1.29, 1.82) is 0 Å². The van der Waals surface area contributed by atoms with Crippen molar-refractivity contribution in [2.24, 2.45) is 5.73 Å². The molecule has 0 radical (unpaired) electrons. The summed E-state index contributed by atoms with van der Waals surface area (Å²) in [5, 5.41) is 2.03. The van der Waals surface area contributed by atoms with Crippen LogP contribution in [0.15, 0.2) is 11.4 Å². The molecule has 20 heavy (non-hydrogen) atoms. The van der Waals surface area contributed by atoms with Gasteiger partial charge in [-0.3, -0.25) is 9.69 Å². The summed E-state index contributed by atoms with van der Waals surface area (Å²) < 4.78 is 0. The topological polar surface area (TPSA) is 49.6 Å². The van der Waals surface area contributed by atoms with Crippen LogP contribution >= 0.6 is 11.3 Å². The Morgan fingerprint density at radius 1 is 1.40 bits per heavy atom. The lowest BCUT2D eigenvalue weighted by Gasteiger charge is -2.22. The average Bonchev–Trinajstić information content (AvgIpc) is 2.85. The molecule has 0 aliphatic heterocycles. The maximum Gasteiger partial charge on any atom is 0.236 e. The lowest BCUT2D eigenvalue weighted by atomic mass is 10.3. The minimum Gasteiger partial charge on any atom is -0.342 e. The van der Waals surface area contributed by atoms with Crippen molar-refractivity contribution in [3.8, 4) is 11.8 Å². The lowest BCUT2D eigenvalue weighted by Crippen LogP contribution is -2.38. The third-order valence-corrected chi connectivity index (χ3v) is 3.86. The van der Waals surface area contributed by atoms with E-state index in [2.05, 4.69) is 17.9 Å². The third kappa shape index (κ3) is 5.33. The molecule has 5 heteroatoms. The predicted octanol–water partition coefficient (Wildman–Crippen LogP) is 1.36. The highest BCUT2D eigenvalue weighted by molar-refractivity contribution is 7.10. The second-order valence-electron chi connectivity index (χ2n) is 4.55. The van der Waals surface area contributed by atoms with Crippen molar-refractivity contribution in [2.75, 3.05) is 33.2 Å². The Kier molecular flexibility index (Phi) is 7.31. The van der Waals surface area contributed by atoms with Gasteiger partial charge >= 0.3 is 0 Å². The minimum absolute atomic E-state index is 0.178. The van der Waals surface area contributed by atoms with Crippen molar-refractivity contribution in [1.82, 2.24) is 9.80 Å². The maximum atomic E-state index is 12.0. The molecule has 110 valence electrons. The van der Waals surface area contributed by atoms with E-state index in [1.54, 1.807) is 11.3 Å². The molecule has 0 atom stereocenters. The highest BCUT2D eigenvalue weighted by atomic mass is 32.1. The molecule has 0 fully saturated rings. The van der Waals surface area contributed by atoms with Crippen molar-refractivity contribution < 1.29 is 4.79 Å². The van der Waals surface area contributed by atoms with E-state index in [1.165, 1.54) is 4.88 Å². The SMILES string of the molecule is CCN(CC)C(=O)CN(C)Cc1cc(C#CCN)cs1. The van der Waals surface area contributed by atoms with Gasteiger partial charge in [0.1, 0.15) is 0 Å². The van der Waals surface area contributed by atoms with E-state index in [-0.39, 0.29) is 5.91 Å². The van der Waals surface area contributed by atoms with E-state index in [1.807, 2.05) is 36.1 Å². The number of nitrogens with two attached hydrogens (primary N) is 1. The second kappa shape index (κ2) is 8.75. The summed E-state index contributed by atoms with van der Waals surface area (Å²) in [6.45, 7) is 7.13. The fraction of sp³-hybridized carbons (Fsp3) is 0.533. The fourth-order valence-corrected chi connectivity index (χ4v) is 2.81. The molecule has 1 heterocycles. The Hall–Kier alpha value is -1.35. The molecule has 2 N–H and O–H groups in total. The number of hydrogen-bond acceptors (Lipinski definition) is 4. The van der Waals surface area contributed by atoms with E-state index in [0.717, 1.165) is 25.2 Å². The maximum absolute atomic E-state index is 12.0. The zero-order valence-corrected chi connectivity index (χ0v) is 13.3. The van der Waals surface area contributed by atoms with Crippen LogP contribution in [0.5, 0.6) is 0 Å². The Bertz CT molecular complexity index is 483. The molecule has 0 aliphatic carbocycles. The van der Waals surface area contributed by atoms with Gasteiger partial charge in [0, 0.05) is 35.5 Å². The summed E-state index contributed by atoms with van der Waals surface area (Å²) in [6.07, 6.45) is 0. The minimum atomic E-state index is 0.178. The fourth-order valence-electron chi connectivity index (χ4n) is 1.91. The molecular formula is C15H23N3OS. The van der Waals surface area contributed by atoms with Crippen LogP contribution in [0.2, 0.25) is 0 Å². The van der Waals surface area contributed by atoms with Gasteiger partial charge in [0.25, 0.3) is 0 Å². The van der Waals surface area contributed by atoms with Gasteiger partial charge in [-0.1, -0.05) is 11.8 Å². The number of hydrogen-bond donors (Lipinski definition) is 1. The summed E-state index contributed by atoms with van der Waals surface area (Å²) >= 11 is 1.67. The number of amides is 1. The smallest absolute Gasteiger partial charge is 0.236 e. The first-order valence-corrected chi connectivity index (χ1v) is 7.71. The Balaban J connectivity index is 2.51. The van der Waals surface area contributed by atoms with Gasteiger partial charge < -0.3 is 10.6 Å². The Morgan fingerprint density at radius 3 is 2.70 bits per heavy atom. The molecule has 1 aromatic heterocycles. The van der Waals surface area contributed by atoms with Gasteiger partial charge in [0.05, 0.1) is 13.1 Å². The first-order chi connectivity index (χ1) is 9.60. The van der Waals surface area contributed by atoms with E-state index in [9.17, 15) is 4.79 Å². The van der Waals surface area contributed by atoms with Crippen LogP contribution in [0, 0.1) is 11.8 Å². The monoisotopic (exact) mass is 293 g/mol. The molecular weight excluding hydrogens is 270 g/mol. The van der Waals surface area contributed by atoms with Gasteiger partial charge in [-0.25, -0.2) is 0 Å². The molecule has 1 amide bonds. The van der Waals surface area contributed by atoms with Crippen LogP contribution < -0.4 is 5.73 Å². The predicted molar refractivity (Wildman–Crippen MR) is 84.5 cm³/mol. The van der Waals surface area contributed by atoms with E-state index < -0.39 is 0 Å². The van der Waals surface area contributed by atoms with Crippen molar-refractivity contribution in [3.63, 3.8) is 0 Å². The van der Waals surface area contributed by atoms with Gasteiger partial charge in [0.2, 0.25) is 5.91 Å². The molecule has 0 unspecified atom stereocenters. The standard InChI is InChI=1S/C15H23N3OS/c1-4-18(5-2)15(19)11-17(3)10-14-9-13(12-20-14)7-6-8-16/h9,12H,4-5,8,10-11,16H2,1-3H3. The van der Waals surface area contributed by atoms with E-state index in [0.29, 0.717) is 13.1 Å². The average molecular weight is 293 g/mol. The number of carbonyl (C=O) groups is 1. The van der Waals surface area contributed by atoms with Crippen LogP contribution in [0.4, 0.5) is 0 Å². The molecule has 0 saturated carbocycles. The molecule has 0 spiro atoms. The summed E-state index contributed by atoms with van der Waals surface area (Å²) in [7, 11) is 1.96. The molecule has 1 aromatic rings. The van der Waals surface area contributed by atoms with Crippen molar-refractivity contribution in [2.45, 2.75) is 20.4 Å². The Morgan fingerprint density at radius 2 is 2.10 bits per heavy atom. The van der Waals surface area contributed by atoms with Crippen LogP contribution in [0.3, 0.4) is 0 Å². The molecule has 1 rings (SSSR count). The molecule has 0 aromatic carbocycles. The number of nitrogens with zero attached hydrogens (tertiary/aromatic N) is 2. The van der Waals surface area contributed by atoms with E-state index in [4.69, 9.17) is 5.73 Å². The van der Waals surface area contributed by atoms with Gasteiger partial charge in [-0.2, -0.15) is 0 Å². The first-order valence-electron chi connectivity index (χ1n) is 6.83. The summed E-state index contributed by atoms with van der Waals surface area (Å²) in [4.78, 5) is 17.1. The van der Waals surface area contributed by atoms with Gasteiger partial charge in [-0.15, -0.1) is 11.3 Å². The van der Waals surface area contributed by atoms with Crippen molar-refractivity contribution in [3.05, 3.63) is 21.9 Å². The van der Waals surface area contributed by atoms with Crippen LogP contribution in [0.25, 0.3) is 0 Å². The third-order valence-electron chi connectivity index (χ3n) is 2.94. The zero-order valence-electron chi connectivity index (χ0n) is 12.5. The summed E-state index contributed by atoms with van der Waals surface area (Å²) in [6, 6.07) is 2.06. The number of thiophene rings is 1. The quantitative estimate of drug-likeness (QED) is 0.806. The van der Waals surface area contributed by atoms with Crippen LogP contribution in [0.1, 0.15) is 24.3 Å². The highest BCUT2D eigenvalue weighted by Crippen LogP contribution is 2.15. The zero-order chi connectivity index (χ0) is 15.0. The van der Waals surface area contributed by atoms with Crippen LogP contribution in [-0.4, -0.2) is 48.9 Å².